The van der Waals surface area contributed by atoms with Gasteiger partial charge in [0.2, 0.25) is 0 Å². The molecular weight excluding hydrogens is 454 g/mol. The van der Waals surface area contributed by atoms with Crippen molar-refractivity contribution in [1.82, 2.24) is 0 Å². The normalized spacial score (nSPS) is 11.4. The van der Waals surface area contributed by atoms with E-state index in [0.29, 0.717) is 0 Å². The van der Waals surface area contributed by atoms with E-state index in [1.165, 1.54) is 26.6 Å². The van der Waals surface area contributed by atoms with Crippen LogP contribution < -0.4 is 0 Å². The first kappa shape index (κ1) is 20.0. The van der Waals surface area contributed by atoms with E-state index >= 15 is 0 Å². The first-order valence-corrected chi connectivity index (χ1v) is 30.4. The summed E-state index contributed by atoms with van der Waals surface area (Å²) >= 11 is -4.79. The third kappa shape index (κ3) is 4.80. The number of hydrogen-bond acceptors (Lipinski definition) is 0. The molecule has 110 valence electrons. The van der Waals surface area contributed by atoms with Gasteiger partial charge in [-0.1, -0.05) is 0 Å². The van der Waals surface area contributed by atoms with Gasteiger partial charge in [-0.2, -0.15) is 0 Å². The molecule has 0 aliphatic rings. The Bertz CT molecular complexity index is 277. The molecule has 0 aromatic rings. The van der Waals surface area contributed by atoms with Gasteiger partial charge in [0.15, 0.2) is 0 Å². The maximum atomic E-state index is 4.04. The third-order valence-corrected chi connectivity index (χ3v) is 95.6. The monoisotopic (exact) mass is 486 g/mol. The molecule has 0 heterocycles. The van der Waals surface area contributed by atoms with Crippen LogP contribution in [0.25, 0.3) is 0 Å². The van der Waals surface area contributed by atoms with Gasteiger partial charge >= 0.3 is 131 Å². The Kier molecular flexibility index (Phi) is 10.7. The molecule has 0 saturated carbocycles. The molecule has 0 atom stereocenters. The van der Waals surface area contributed by atoms with Crippen molar-refractivity contribution in [2.75, 3.05) is 0 Å². The van der Waals surface area contributed by atoms with Crippen LogP contribution in [0.2, 0.25) is 26.6 Å². The summed E-state index contributed by atoms with van der Waals surface area (Å²) in [6.45, 7) is 24.3. The molecule has 20 heavy (non-hydrogen) atoms. The second-order valence-corrected chi connectivity index (χ2v) is 67.7. The minimum absolute atomic E-state index is 1.23. The van der Waals surface area contributed by atoms with Crippen molar-refractivity contribution in [2.45, 2.75) is 26.6 Å². The van der Waals surface area contributed by atoms with Gasteiger partial charge in [-0.15, -0.1) is 0 Å². The van der Waals surface area contributed by atoms with Crippen LogP contribution in [0.1, 0.15) is 0 Å². The fourth-order valence-electron chi connectivity index (χ4n) is 3.46. The zero-order valence-electron chi connectivity index (χ0n) is 12.9. The van der Waals surface area contributed by atoms with Crippen LogP contribution in [0.15, 0.2) is 75.9 Å². The van der Waals surface area contributed by atoms with Crippen LogP contribution in [-0.4, -0.2) is 28.9 Å². The van der Waals surface area contributed by atoms with Gasteiger partial charge in [-0.05, 0) is 0 Å². The molecule has 0 radical (unpaired) electrons. The van der Waals surface area contributed by atoms with E-state index in [1.807, 2.05) is 0 Å². The van der Waals surface area contributed by atoms with Crippen LogP contribution in [0.5, 0.6) is 0 Å². The second-order valence-electron chi connectivity index (χ2n) is 5.52. The Hall–Kier alpha value is 0.0374. The van der Waals surface area contributed by atoms with Gasteiger partial charge in [0.05, 0.1) is 0 Å². The Labute approximate surface area is 130 Å². The fourth-order valence-corrected chi connectivity index (χ4v) is 89.5. The van der Waals surface area contributed by atoms with E-state index in [-0.39, 0.29) is 0 Å². The Morgan fingerprint density at radius 1 is 0.400 bits per heavy atom. The summed E-state index contributed by atoms with van der Waals surface area (Å²) in [4.78, 5) is 0. The van der Waals surface area contributed by atoms with Crippen molar-refractivity contribution < 1.29 is 0 Å². The molecule has 0 aliphatic carbocycles. The summed E-state index contributed by atoms with van der Waals surface area (Å²) in [7, 11) is 0. The maximum absolute atomic E-state index is 4.04. The summed E-state index contributed by atoms with van der Waals surface area (Å²) in [5.74, 6) is 0. The van der Waals surface area contributed by atoms with E-state index in [2.05, 4.69) is 75.9 Å². The zero-order valence-corrected chi connectivity index (χ0v) is 18.7. The van der Waals surface area contributed by atoms with Crippen molar-refractivity contribution in [3.8, 4) is 0 Å². The number of allylic oxidation sites excluding steroid dienone is 6. The molecular formula is C18H30Sn2. The van der Waals surface area contributed by atoms with Crippen molar-refractivity contribution >= 4 is 28.9 Å². The third-order valence-electron chi connectivity index (χ3n) is 4.34. The average molecular weight is 484 g/mol. The average Bonchev–Trinajstić information content (AvgIpc) is 2.40. The van der Waals surface area contributed by atoms with Crippen LogP contribution in [0.4, 0.5) is 0 Å². The Morgan fingerprint density at radius 3 is 0.650 bits per heavy atom. The summed E-state index contributed by atoms with van der Waals surface area (Å²) in [6, 6.07) is 0. The van der Waals surface area contributed by atoms with Gasteiger partial charge in [0.1, 0.15) is 0 Å². The molecule has 0 amide bonds. The second kappa shape index (κ2) is 10.7. The Morgan fingerprint density at radius 2 is 0.550 bits per heavy atom. The number of rotatable bonds is 13. The summed E-state index contributed by atoms with van der Waals surface area (Å²) < 4.78 is 7.41. The molecule has 0 rings (SSSR count). The summed E-state index contributed by atoms with van der Waals surface area (Å²) in [6.07, 6.45) is 12.9. The minimum atomic E-state index is -2.40. The van der Waals surface area contributed by atoms with Gasteiger partial charge in [0, 0.05) is 0 Å². The molecule has 0 nitrogen and oxygen atoms in total. The first-order chi connectivity index (χ1) is 9.61. The van der Waals surface area contributed by atoms with Crippen LogP contribution in [0.3, 0.4) is 0 Å². The molecule has 0 fully saturated rings. The topological polar surface area (TPSA) is 0 Å². The molecule has 0 aromatic carbocycles. The van der Waals surface area contributed by atoms with Crippen molar-refractivity contribution in [3.63, 3.8) is 0 Å². The van der Waals surface area contributed by atoms with E-state index in [1.54, 1.807) is 0 Å². The molecule has 2 heteroatoms. The van der Waals surface area contributed by atoms with E-state index in [9.17, 15) is 0 Å². The van der Waals surface area contributed by atoms with Gasteiger partial charge < -0.3 is 0 Å². The fraction of sp³-hybridized carbons (Fsp3) is 0.333. The van der Waals surface area contributed by atoms with Crippen molar-refractivity contribution in [2.24, 2.45) is 0 Å². The van der Waals surface area contributed by atoms with Crippen LogP contribution in [0, 0.1) is 0 Å². The van der Waals surface area contributed by atoms with Crippen molar-refractivity contribution in [1.29, 1.82) is 0 Å². The quantitative estimate of drug-likeness (QED) is 0.220. The Balaban J connectivity index is 5.99. The molecule has 0 aliphatic heterocycles. The predicted molar refractivity (Wildman–Crippen MR) is 102 cm³/mol. The molecule has 0 saturated heterocycles. The standard InChI is InChI=1S/6C3H5.2Sn/c6*1-3-2;;/h6*3H,1-2H2;;. The van der Waals surface area contributed by atoms with Gasteiger partial charge in [-0.3, -0.25) is 0 Å². The molecule has 0 unspecified atom stereocenters. The molecule has 0 spiro atoms. The summed E-state index contributed by atoms with van der Waals surface area (Å²) in [5.41, 5.74) is 0. The van der Waals surface area contributed by atoms with Crippen LogP contribution in [-0.2, 0) is 0 Å². The SMILES string of the molecule is C=C[CH2][Sn]([CH2]C=C)([CH2]C=C)[Sn]([CH2]C=C)([CH2]C=C)[CH2]C=C. The number of hydrogen-bond donors (Lipinski definition) is 0. The molecule has 0 N–H and O–H groups in total. The zero-order chi connectivity index (χ0) is 15.5. The van der Waals surface area contributed by atoms with Crippen LogP contribution >= 0.6 is 0 Å². The van der Waals surface area contributed by atoms with E-state index < -0.39 is 28.9 Å². The van der Waals surface area contributed by atoms with E-state index in [4.69, 9.17) is 0 Å². The summed E-state index contributed by atoms with van der Waals surface area (Å²) in [5, 5.41) is 0. The molecule has 0 aromatic heterocycles. The molecule has 0 bridgehead atoms. The van der Waals surface area contributed by atoms with Crippen molar-refractivity contribution in [3.05, 3.63) is 75.9 Å². The van der Waals surface area contributed by atoms with Gasteiger partial charge in [0.25, 0.3) is 0 Å². The first-order valence-electron chi connectivity index (χ1n) is 7.27. The van der Waals surface area contributed by atoms with E-state index in [0.717, 1.165) is 0 Å². The predicted octanol–water partition coefficient (Wildman–Crippen LogP) is 6.08. The van der Waals surface area contributed by atoms with Gasteiger partial charge in [-0.25, -0.2) is 0 Å².